The van der Waals surface area contributed by atoms with E-state index >= 15 is 0 Å². The van der Waals surface area contributed by atoms with Crippen molar-refractivity contribution in [2.24, 2.45) is 5.92 Å². The van der Waals surface area contributed by atoms with Crippen molar-refractivity contribution in [2.45, 2.75) is 39.3 Å². The molecule has 0 unspecified atom stereocenters. The van der Waals surface area contributed by atoms with Crippen LogP contribution in [0.25, 0.3) is 0 Å². The van der Waals surface area contributed by atoms with Gasteiger partial charge in [-0.15, -0.1) is 0 Å². The molecule has 2 heterocycles. The molecule has 1 aromatic heterocycles. The van der Waals surface area contributed by atoms with Gasteiger partial charge in [0.2, 0.25) is 11.9 Å². The molecule has 6 nitrogen and oxygen atoms in total. The van der Waals surface area contributed by atoms with Crippen LogP contribution in [0.5, 0.6) is 0 Å². The van der Waals surface area contributed by atoms with E-state index in [0.717, 1.165) is 12.8 Å². The average molecular weight is 326 g/mol. The molecule has 6 heteroatoms. The van der Waals surface area contributed by atoms with E-state index in [4.69, 9.17) is 5.73 Å². The second-order valence-corrected chi connectivity index (χ2v) is 6.91. The zero-order valence-electron chi connectivity index (χ0n) is 14.9. The first-order chi connectivity index (χ1) is 11.5. The summed E-state index contributed by atoms with van der Waals surface area (Å²) in [6, 6.07) is 9.09. The quantitative estimate of drug-likeness (QED) is 0.931. The molecule has 1 aromatic carbocycles. The first-order valence-electron chi connectivity index (χ1n) is 8.48. The summed E-state index contributed by atoms with van der Waals surface area (Å²) in [6.07, 6.45) is 2.27. The molecule has 0 aliphatic carbocycles. The fraction of sp³-hybridized carbons (Fsp3) is 0.500. The summed E-state index contributed by atoms with van der Waals surface area (Å²) in [5.74, 6) is 2.15. The molecule has 3 rings (SSSR count). The molecule has 2 N–H and O–H groups in total. The molecule has 0 amide bonds. The fourth-order valence-corrected chi connectivity index (χ4v) is 3.38. The lowest BCUT2D eigenvalue weighted by atomic mass is 9.89. The molecule has 0 saturated heterocycles. The highest BCUT2D eigenvalue weighted by molar-refractivity contribution is 5.56. The Bertz CT molecular complexity index is 712. The highest BCUT2D eigenvalue weighted by Crippen LogP contribution is 2.34. The highest BCUT2D eigenvalue weighted by Gasteiger charge is 2.29. The maximum Gasteiger partial charge on any atom is 0.229 e. The summed E-state index contributed by atoms with van der Waals surface area (Å²) >= 11 is 0. The molecule has 0 radical (unpaired) electrons. The van der Waals surface area contributed by atoms with Crippen LogP contribution in [0.1, 0.15) is 31.7 Å². The van der Waals surface area contributed by atoms with Gasteiger partial charge < -0.3 is 15.5 Å². The van der Waals surface area contributed by atoms with Gasteiger partial charge in [-0.2, -0.15) is 15.0 Å². The summed E-state index contributed by atoms with van der Waals surface area (Å²) in [5.41, 5.74) is 8.56. The monoisotopic (exact) mass is 326 g/mol. The molecule has 0 spiro atoms. The number of nitrogens with two attached hydrogens (primary N) is 1. The lowest BCUT2D eigenvalue weighted by molar-refractivity contribution is 0.409. The molecule has 128 valence electrons. The van der Waals surface area contributed by atoms with E-state index < -0.39 is 0 Å². The van der Waals surface area contributed by atoms with Gasteiger partial charge in [-0.25, -0.2) is 0 Å². The minimum atomic E-state index is 0.273. The van der Waals surface area contributed by atoms with E-state index in [-0.39, 0.29) is 5.95 Å². The lowest BCUT2D eigenvalue weighted by Gasteiger charge is -2.40. The van der Waals surface area contributed by atoms with E-state index in [0.29, 0.717) is 30.3 Å². The highest BCUT2D eigenvalue weighted by atomic mass is 15.3. The zero-order chi connectivity index (χ0) is 17.3. The average Bonchev–Trinajstić information content (AvgIpc) is 2.54. The first kappa shape index (κ1) is 16.5. The Morgan fingerprint density at radius 3 is 2.67 bits per heavy atom. The number of benzene rings is 1. The fourth-order valence-electron chi connectivity index (χ4n) is 3.38. The van der Waals surface area contributed by atoms with Crippen molar-refractivity contribution in [1.82, 2.24) is 15.0 Å². The van der Waals surface area contributed by atoms with Gasteiger partial charge in [0.25, 0.3) is 0 Å². The number of nitrogen functional groups attached to an aromatic ring is 1. The van der Waals surface area contributed by atoms with E-state index in [1.807, 2.05) is 19.0 Å². The Balaban J connectivity index is 1.97. The molecular weight excluding hydrogens is 300 g/mol. The van der Waals surface area contributed by atoms with Crippen molar-refractivity contribution in [1.29, 1.82) is 0 Å². The van der Waals surface area contributed by atoms with E-state index in [1.165, 1.54) is 11.3 Å². The van der Waals surface area contributed by atoms with Crippen LogP contribution in [-0.2, 0) is 13.0 Å². The van der Waals surface area contributed by atoms with Gasteiger partial charge in [0.15, 0.2) is 5.82 Å². The molecule has 1 atom stereocenters. The molecule has 2 aromatic rings. The third-order valence-corrected chi connectivity index (χ3v) is 4.58. The molecule has 1 aliphatic rings. The van der Waals surface area contributed by atoms with E-state index in [1.54, 1.807) is 0 Å². The number of fused-ring (bicyclic) bond motifs is 1. The molecular formula is C18H26N6. The van der Waals surface area contributed by atoms with Crippen molar-refractivity contribution >= 4 is 17.6 Å². The van der Waals surface area contributed by atoms with Crippen molar-refractivity contribution in [3.63, 3.8) is 0 Å². The Morgan fingerprint density at radius 2 is 1.96 bits per heavy atom. The van der Waals surface area contributed by atoms with Gasteiger partial charge in [-0.1, -0.05) is 32.0 Å². The third kappa shape index (κ3) is 3.27. The number of hydrogen-bond donors (Lipinski definition) is 1. The molecule has 0 fully saturated rings. The van der Waals surface area contributed by atoms with E-state index in [9.17, 15) is 0 Å². The number of nitrogens with zero attached hydrogens (tertiary/aromatic N) is 5. The minimum absolute atomic E-state index is 0.273. The number of anilines is 3. The minimum Gasteiger partial charge on any atom is -0.368 e. The first-order valence-corrected chi connectivity index (χ1v) is 8.48. The Morgan fingerprint density at radius 1 is 1.21 bits per heavy atom. The maximum absolute atomic E-state index is 5.88. The van der Waals surface area contributed by atoms with Gasteiger partial charge >= 0.3 is 0 Å². The van der Waals surface area contributed by atoms with Crippen LogP contribution in [-0.4, -0.2) is 35.1 Å². The van der Waals surface area contributed by atoms with Crippen molar-refractivity contribution in [2.75, 3.05) is 29.6 Å². The van der Waals surface area contributed by atoms with Gasteiger partial charge in [0, 0.05) is 25.8 Å². The van der Waals surface area contributed by atoms with Gasteiger partial charge in [0.05, 0.1) is 6.54 Å². The molecule has 24 heavy (non-hydrogen) atoms. The van der Waals surface area contributed by atoms with Crippen LogP contribution < -0.4 is 15.5 Å². The summed E-state index contributed by atoms with van der Waals surface area (Å²) < 4.78 is 0. The summed E-state index contributed by atoms with van der Waals surface area (Å²) in [4.78, 5) is 17.4. The van der Waals surface area contributed by atoms with Crippen LogP contribution in [0.3, 0.4) is 0 Å². The van der Waals surface area contributed by atoms with Crippen molar-refractivity contribution in [3.05, 3.63) is 35.7 Å². The Labute approximate surface area is 143 Å². The van der Waals surface area contributed by atoms with Crippen LogP contribution >= 0.6 is 0 Å². The number of aromatic nitrogens is 3. The van der Waals surface area contributed by atoms with Crippen LogP contribution in [0.4, 0.5) is 17.6 Å². The summed E-state index contributed by atoms with van der Waals surface area (Å²) in [7, 11) is 3.82. The van der Waals surface area contributed by atoms with Crippen LogP contribution in [0.2, 0.25) is 0 Å². The van der Waals surface area contributed by atoms with E-state index in [2.05, 4.69) is 58.0 Å². The topological polar surface area (TPSA) is 71.2 Å². The van der Waals surface area contributed by atoms with Crippen LogP contribution in [0, 0.1) is 5.92 Å². The number of rotatable bonds is 4. The second kappa shape index (κ2) is 6.63. The standard InChI is InChI=1S/C18H26N6/c1-12(2)14-10-9-13-7-5-6-8-15(13)24(14)11-16-20-17(19)22-18(21-16)23(3)4/h5-8,12,14H,9-11H2,1-4H3,(H2,19,20,21,22)/t14-/m1/s1. The predicted octanol–water partition coefficient (Wildman–Crippen LogP) is 2.50. The smallest absolute Gasteiger partial charge is 0.229 e. The summed E-state index contributed by atoms with van der Waals surface area (Å²) in [6.45, 7) is 5.20. The van der Waals surface area contributed by atoms with Crippen molar-refractivity contribution < 1.29 is 0 Å². The second-order valence-electron chi connectivity index (χ2n) is 6.91. The molecule has 1 aliphatic heterocycles. The Hall–Kier alpha value is -2.37. The van der Waals surface area contributed by atoms with Gasteiger partial charge in [-0.3, -0.25) is 0 Å². The molecule has 0 bridgehead atoms. The third-order valence-electron chi connectivity index (χ3n) is 4.58. The molecule has 0 saturated carbocycles. The normalized spacial score (nSPS) is 17.0. The predicted molar refractivity (Wildman–Crippen MR) is 98.1 cm³/mol. The van der Waals surface area contributed by atoms with Gasteiger partial charge in [0.1, 0.15) is 0 Å². The largest absolute Gasteiger partial charge is 0.368 e. The summed E-state index contributed by atoms with van der Waals surface area (Å²) in [5, 5.41) is 0. The lowest BCUT2D eigenvalue weighted by Crippen LogP contribution is -2.42. The number of aryl methyl sites for hydroxylation is 1. The van der Waals surface area contributed by atoms with Crippen molar-refractivity contribution in [3.8, 4) is 0 Å². The maximum atomic E-state index is 5.88. The van der Waals surface area contributed by atoms with Crippen LogP contribution in [0.15, 0.2) is 24.3 Å². The van der Waals surface area contributed by atoms with Gasteiger partial charge in [-0.05, 0) is 30.4 Å². The zero-order valence-corrected chi connectivity index (χ0v) is 14.9. The number of para-hydroxylation sites is 1. The number of hydrogen-bond acceptors (Lipinski definition) is 6. The Kier molecular flexibility index (Phi) is 4.55. The SMILES string of the molecule is CC(C)[C@H]1CCc2ccccc2N1Cc1nc(N)nc(N(C)C)n1.